The predicted molar refractivity (Wildman–Crippen MR) is 57.9 cm³/mol. The Kier molecular flexibility index (Phi) is 4.05. The summed E-state index contributed by atoms with van der Waals surface area (Å²) in [5.74, 6) is -0.888. The first-order valence-corrected chi connectivity index (χ1v) is 5.03. The van der Waals surface area contributed by atoms with E-state index in [0.717, 1.165) is 6.20 Å². The topological polar surface area (TPSA) is 79.8 Å². The molecule has 0 saturated heterocycles. The molecule has 0 saturated carbocycles. The minimum absolute atomic E-state index is 0.0280. The van der Waals surface area contributed by atoms with E-state index in [1.54, 1.807) is 28.7 Å². The van der Waals surface area contributed by atoms with Crippen LogP contribution in [-0.2, 0) is 6.42 Å². The fraction of sp³-hybridized carbons (Fsp3) is 0.250. The number of aromatic nitrogens is 1. The van der Waals surface area contributed by atoms with Crippen molar-refractivity contribution in [3.63, 3.8) is 0 Å². The molecular formula is C8H4F2IN3O2. The lowest BCUT2D eigenvalue weighted by atomic mass is 10.1. The Morgan fingerprint density at radius 3 is 2.75 bits per heavy atom. The molecule has 0 aliphatic carbocycles. The van der Waals surface area contributed by atoms with Crippen LogP contribution in [0.25, 0.3) is 0 Å². The SMILES string of the molecule is N#CCc1c(I)cnc([N+](=O)[O-])c1C(F)F. The van der Waals surface area contributed by atoms with E-state index in [-0.39, 0.29) is 12.0 Å². The number of halogens is 3. The molecule has 8 heteroatoms. The van der Waals surface area contributed by atoms with Gasteiger partial charge < -0.3 is 10.1 Å². The van der Waals surface area contributed by atoms with E-state index in [1.807, 2.05) is 0 Å². The van der Waals surface area contributed by atoms with Gasteiger partial charge in [0, 0.05) is 5.56 Å². The minimum Gasteiger partial charge on any atom is -0.358 e. The van der Waals surface area contributed by atoms with Gasteiger partial charge in [-0.1, -0.05) is 0 Å². The molecule has 1 heterocycles. The molecule has 0 spiro atoms. The fourth-order valence-corrected chi connectivity index (χ4v) is 1.78. The van der Waals surface area contributed by atoms with Crippen LogP contribution in [0.4, 0.5) is 14.6 Å². The second kappa shape index (κ2) is 5.11. The molecule has 1 aromatic heterocycles. The van der Waals surface area contributed by atoms with Gasteiger partial charge in [0.15, 0.2) is 6.20 Å². The minimum atomic E-state index is -3.02. The van der Waals surface area contributed by atoms with Crippen molar-refractivity contribution in [3.8, 4) is 6.07 Å². The average Bonchev–Trinajstić information content (AvgIpc) is 2.20. The molecule has 16 heavy (non-hydrogen) atoms. The highest BCUT2D eigenvalue weighted by Gasteiger charge is 2.28. The number of nitrogens with zero attached hydrogens (tertiary/aromatic N) is 3. The molecule has 5 nitrogen and oxygen atoms in total. The van der Waals surface area contributed by atoms with Crippen LogP contribution in [0.15, 0.2) is 6.20 Å². The van der Waals surface area contributed by atoms with Crippen molar-refractivity contribution in [1.82, 2.24) is 4.98 Å². The summed E-state index contributed by atoms with van der Waals surface area (Å²) in [6.45, 7) is 0. The summed E-state index contributed by atoms with van der Waals surface area (Å²) in [5.41, 5.74) is -0.793. The van der Waals surface area contributed by atoms with E-state index >= 15 is 0 Å². The van der Waals surface area contributed by atoms with Gasteiger partial charge in [0.1, 0.15) is 5.56 Å². The lowest BCUT2D eigenvalue weighted by Gasteiger charge is -2.07. The number of nitro groups is 1. The highest BCUT2D eigenvalue weighted by molar-refractivity contribution is 14.1. The summed E-state index contributed by atoms with van der Waals surface area (Å²) in [6.07, 6.45) is -2.22. The zero-order chi connectivity index (χ0) is 12.3. The summed E-state index contributed by atoms with van der Waals surface area (Å²) in [4.78, 5) is 12.9. The van der Waals surface area contributed by atoms with E-state index in [1.165, 1.54) is 0 Å². The van der Waals surface area contributed by atoms with Gasteiger partial charge in [-0.2, -0.15) is 5.26 Å². The normalized spacial score (nSPS) is 10.2. The van der Waals surface area contributed by atoms with Crippen molar-refractivity contribution in [2.75, 3.05) is 0 Å². The molecule has 0 aliphatic rings. The van der Waals surface area contributed by atoms with E-state index in [2.05, 4.69) is 4.98 Å². The molecule has 84 valence electrons. The van der Waals surface area contributed by atoms with Crippen molar-refractivity contribution < 1.29 is 13.7 Å². The molecule has 0 unspecified atom stereocenters. The highest BCUT2D eigenvalue weighted by Crippen LogP contribution is 2.32. The Labute approximate surface area is 102 Å². The molecule has 1 rings (SSSR count). The van der Waals surface area contributed by atoms with Crippen LogP contribution in [0.5, 0.6) is 0 Å². The maximum atomic E-state index is 12.7. The number of pyridine rings is 1. The monoisotopic (exact) mass is 339 g/mol. The largest absolute Gasteiger partial charge is 0.372 e. The molecule has 0 aliphatic heterocycles. The van der Waals surface area contributed by atoms with E-state index < -0.39 is 22.7 Å². The van der Waals surface area contributed by atoms with Gasteiger partial charge in [0.05, 0.1) is 16.1 Å². The first kappa shape index (κ1) is 12.7. The Bertz CT molecular complexity index is 473. The predicted octanol–water partition coefficient (Wildman–Crippen LogP) is 2.60. The van der Waals surface area contributed by atoms with Crippen molar-refractivity contribution in [3.05, 3.63) is 31.0 Å². The van der Waals surface area contributed by atoms with Crippen molar-refractivity contribution in [1.29, 1.82) is 5.26 Å². The Hall–Kier alpha value is -1.37. The summed E-state index contributed by atoms with van der Waals surface area (Å²) in [7, 11) is 0. The Balaban J connectivity index is 3.51. The van der Waals surface area contributed by atoms with Crippen LogP contribution < -0.4 is 0 Å². The van der Waals surface area contributed by atoms with Crippen LogP contribution >= 0.6 is 22.6 Å². The lowest BCUT2D eigenvalue weighted by molar-refractivity contribution is -0.391. The second-order valence-corrected chi connectivity index (χ2v) is 3.88. The molecule has 0 aromatic carbocycles. The molecule has 1 aromatic rings. The van der Waals surface area contributed by atoms with E-state index in [9.17, 15) is 18.9 Å². The third kappa shape index (κ3) is 2.41. The van der Waals surface area contributed by atoms with Crippen LogP contribution in [-0.4, -0.2) is 9.91 Å². The quantitative estimate of drug-likeness (QED) is 0.482. The summed E-state index contributed by atoms with van der Waals surface area (Å²) in [6, 6.07) is 1.70. The van der Waals surface area contributed by atoms with Crippen molar-refractivity contribution in [2.24, 2.45) is 0 Å². The third-order valence-electron chi connectivity index (χ3n) is 1.80. The highest BCUT2D eigenvalue weighted by atomic mass is 127. The molecule has 0 amide bonds. The molecule has 0 radical (unpaired) electrons. The second-order valence-electron chi connectivity index (χ2n) is 2.71. The van der Waals surface area contributed by atoms with E-state index in [4.69, 9.17) is 5.26 Å². The Morgan fingerprint density at radius 1 is 1.69 bits per heavy atom. The van der Waals surface area contributed by atoms with Crippen LogP contribution in [0.2, 0.25) is 0 Å². The summed E-state index contributed by atoms with van der Waals surface area (Å²) in [5, 5.41) is 19.0. The molecule has 0 atom stereocenters. The van der Waals surface area contributed by atoms with Crippen LogP contribution in [0.3, 0.4) is 0 Å². The number of alkyl halides is 2. The van der Waals surface area contributed by atoms with Gasteiger partial charge in [-0.15, -0.1) is 0 Å². The van der Waals surface area contributed by atoms with Gasteiger partial charge in [-0.05, 0) is 32.5 Å². The maximum absolute atomic E-state index is 12.7. The standard InChI is InChI=1S/C8H4F2IN3O2/c9-7(10)6-4(1-2-12)5(11)3-13-8(6)14(15)16/h3,7H,1H2. The third-order valence-corrected chi connectivity index (χ3v) is 2.73. The smallest absolute Gasteiger partial charge is 0.358 e. The maximum Gasteiger partial charge on any atom is 0.372 e. The summed E-state index contributed by atoms with van der Waals surface area (Å²) < 4.78 is 25.7. The summed E-state index contributed by atoms with van der Waals surface area (Å²) >= 11 is 1.71. The molecular weight excluding hydrogens is 335 g/mol. The number of nitriles is 1. The van der Waals surface area contributed by atoms with Crippen LogP contribution in [0.1, 0.15) is 17.6 Å². The van der Waals surface area contributed by atoms with Gasteiger partial charge >= 0.3 is 5.82 Å². The zero-order valence-corrected chi connectivity index (χ0v) is 9.81. The van der Waals surface area contributed by atoms with Crippen molar-refractivity contribution >= 4 is 28.4 Å². The van der Waals surface area contributed by atoms with Crippen LogP contribution in [0, 0.1) is 25.0 Å². The number of hydrogen-bond donors (Lipinski definition) is 0. The fourth-order valence-electron chi connectivity index (χ4n) is 1.16. The van der Waals surface area contributed by atoms with Gasteiger partial charge in [0.2, 0.25) is 0 Å². The lowest BCUT2D eigenvalue weighted by Crippen LogP contribution is -2.05. The first-order valence-electron chi connectivity index (χ1n) is 3.95. The van der Waals surface area contributed by atoms with Gasteiger partial charge in [0.25, 0.3) is 6.43 Å². The van der Waals surface area contributed by atoms with Crippen molar-refractivity contribution in [2.45, 2.75) is 12.8 Å². The number of hydrogen-bond acceptors (Lipinski definition) is 4. The molecule has 0 bridgehead atoms. The van der Waals surface area contributed by atoms with Gasteiger partial charge in [-0.25, -0.2) is 8.78 Å². The zero-order valence-electron chi connectivity index (χ0n) is 7.65. The van der Waals surface area contributed by atoms with E-state index in [0.29, 0.717) is 3.57 Å². The average molecular weight is 339 g/mol. The molecule has 0 N–H and O–H groups in total. The number of rotatable bonds is 3. The first-order chi connectivity index (χ1) is 7.49. The Morgan fingerprint density at radius 2 is 2.31 bits per heavy atom. The molecule has 0 fully saturated rings. The van der Waals surface area contributed by atoms with Gasteiger partial charge in [-0.3, -0.25) is 0 Å².